The number of aromatic nitrogens is 2. The Kier molecular flexibility index (Phi) is 5.99. The van der Waals surface area contributed by atoms with E-state index in [1.54, 1.807) is 6.92 Å². The third kappa shape index (κ3) is 4.96. The highest BCUT2D eigenvalue weighted by Gasteiger charge is 2.13. The van der Waals surface area contributed by atoms with E-state index in [4.69, 9.17) is 4.74 Å². The number of rotatable bonds is 6. The maximum Gasteiger partial charge on any atom is 0.316 e. The van der Waals surface area contributed by atoms with Gasteiger partial charge in [0.25, 0.3) is 5.91 Å². The Morgan fingerprint density at radius 3 is 2.78 bits per heavy atom. The zero-order chi connectivity index (χ0) is 16.8. The molecule has 1 N–H and O–H groups in total. The number of ether oxygens (including phenoxy) is 1. The van der Waals surface area contributed by atoms with Crippen LogP contribution in [0.15, 0.2) is 22.5 Å². The molecule has 0 bridgehead atoms. The number of hydrogen-bond acceptors (Lipinski definition) is 7. The molecule has 1 aromatic carbocycles. The minimum atomic E-state index is -1.11. The number of hydrogen-bond donors (Lipinski definition) is 1. The number of carbonyl (C=O) groups is 2. The van der Waals surface area contributed by atoms with Crippen molar-refractivity contribution >= 4 is 40.1 Å². The summed E-state index contributed by atoms with van der Waals surface area (Å²) in [7, 11) is 0. The Labute approximate surface area is 138 Å². The number of nitrogens with zero attached hydrogens (tertiary/aromatic N) is 2. The van der Waals surface area contributed by atoms with Crippen molar-refractivity contribution in [3.63, 3.8) is 0 Å². The fraction of sp³-hybridized carbons (Fsp3) is 0.231. The van der Waals surface area contributed by atoms with E-state index >= 15 is 0 Å². The Morgan fingerprint density at radius 2 is 2.09 bits per heavy atom. The van der Waals surface area contributed by atoms with Gasteiger partial charge in [-0.1, -0.05) is 23.1 Å². The molecule has 0 aliphatic rings. The van der Waals surface area contributed by atoms with Gasteiger partial charge in [-0.05, 0) is 25.1 Å². The Balaban J connectivity index is 1.94. The number of benzene rings is 1. The minimum Gasteiger partial charge on any atom is -0.465 e. The summed E-state index contributed by atoms with van der Waals surface area (Å²) in [6.07, 6.45) is 0. The van der Waals surface area contributed by atoms with Crippen LogP contribution in [0, 0.1) is 11.6 Å². The summed E-state index contributed by atoms with van der Waals surface area (Å²) >= 11 is 2.18. The summed E-state index contributed by atoms with van der Waals surface area (Å²) in [6.45, 7) is 2.00. The summed E-state index contributed by atoms with van der Waals surface area (Å²) in [4.78, 5) is 23.1. The number of amides is 1. The standard InChI is InChI=1S/C13H11F2N3O3S2/c1-2-21-10(19)6-22-13-18-17-12(23-13)16-11(20)7-3-4-8(14)9(15)5-7/h3-5H,2,6H2,1H3,(H,16,17,20). The molecule has 122 valence electrons. The highest BCUT2D eigenvalue weighted by molar-refractivity contribution is 8.01. The van der Waals surface area contributed by atoms with Crippen LogP contribution in [0.3, 0.4) is 0 Å². The van der Waals surface area contributed by atoms with Crippen molar-refractivity contribution in [2.75, 3.05) is 17.7 Å². The lowest BCUT2D eigenvalue weighted by molar-refractivity contribution is -0.139. The van der Waals surface area contributed by atoms with Gasteiger partial charge in [-0.25, -0.2) is 8.78 Å². The summed E-state index contributed by atoms with van der Waals surface area (Å²) in [5.74, 6) is -3.07. The SMILES string of the molecule is CCOC(=O)CSc1nnc(NC(=O)c2ccc(F)c(F)c2)s1. The molecular formula is C13H11F2N3O3S2. The van der Waals surface area contributed by atoms with Crippen molar-refractivity contribution in [1.29, 1.82) is 0 Å². The van der Waals surface area contributed by atoms with E-state index in [1.165, 1.54) is 0 Å². The topological polar surface area (TPSA) is 81.2 Å². The molecule has 2 rings (SSSR count). The van der Waals surface area contributed by atoms with Crippen molar-refractivity contribution in [2.45, 2.75) is 11.3 Å². The first-order valence-electron chi connectivity index (χ1n) is 6.38. The van der Waals surface area contributed by atoms with Gasteiger partial charge in [-0.15, -0.1) is 10.2 Å². The van der Waals surface area contributed by atoms with Gasteiger partial charge in [-0.2, -0.15) is 0 Å². The van der Waals surface area contributed by atoms with E-state index in [2.05, 4.69) is 15.5 Å². The van der Waals surface area contributed by atoms with Crippen molar-refractivity contribution in [3.05, 3.63) is 35.4 Å². The first kappa shape index (κ1) is 17.3. The molecule has 23 heavy (non-hydrogen) atoms. The van der Waals surface area contributed by atoms with E-state index in [0.29, 0.717) is 10.9 Å². The Morgan fingerprint density at radius 1 is 1.30 bits per heavy atom. The summed E-state index contributed by atoms with van der Waals surface area (Å²) in [5, 5.41) is 10.2. The number of carbonyl (C=O) groups excluding carboxylic acids is 2. The smallest absolute Gasteiger partial charge is 0.316 e. The van der Waals surface area contributed by atoms with Crippen LogP contribution in [-0.4, -0.2) is 34.4 Å². The molecule has 0 unspecified atom stereocenters. The third-order valence-corrected chi connectivity index (χ3v) is 4.37. The maximum absolute atomic E-state index is 13.1. The van der Waals surface area contributed by atoms with Crippen molar-refractivity contribution in [2.24, 2.45) is 0 Å². The predicted octanol–water partition coefficient (Wildman–Crippen LogP) is 2.72. The Hall–Kier alpha value is -2.07. The van der Waals surface area contributed by atoms with Crippen LogP contribution in [-0.2, 0) is 9.53 Å². The van der Waals surface area contributed by atoms with Gasteiger partial charge in [-0.3, -0.25) is 14.9 Å². The lowest BCUT2D eigenvalue weighted by Gasteiger charge is -2.01. The van der Waals surface area contributed by atoms with Crippen LogP contribution in [0.4, 0.5) is 13.9 Å². The fourth-order valence-electron chi connectivity index (χ4n) is 1.45. The number of nitrogens with one attached hydrogen (secondary N) is 1. The molecule has 0 aliphatic heterocycles. The molecule has 0 radical (unpaired) electrons. The van der Waals surface area contributed by atoms with Crippen molar-refractivity contribution < 1.29 is 23.1 Å². The van der Waals surface area contributed by atoms with Gasteiger partial charge < -0.3 is 4.74 Å². The normalized spacial score (nSPS) is 10.4. The van der Waals surface area contributed by atoms with Gasteiger partial charge in [0.05, 0.1) is 12.4 Å². The maximum atomic E-state index is 13.1. The monoisotopic (exact) mass is 359 g/mol. The molecule has 1 amide bonds. The largest absolute Gasteiger partial charge is 0.465 e. The number of thioether (sulfide) groups is 1. The molecule has 0 fully saturated rings. The quantitative estimate of drug-likeness (QED) is 0.485. The number of halogens is 2. The van der Waals surface area contributed by atoms with Gasteiger partial charge in [0.15, 0.2) is 16.0 Å². The number of esters is 1. The van der Waals surface area contributed by atoms with Crippen LogP contribution in [0.1, 0.15) is 17.3 Å². The lowest BCUT2D eigenvalue weighted by atomic mass is 10.2. The fourth-order valence-corrected chi connectivity index (χ4v) is 2.99. The highest BCUT2D eigenvalue weighted by Crippen LogP contribution is 2.25. The Bertz CT molecular complexity index is 724. The van der Waals surface area contributed by atoms with E-state index < -0.39 is 17.5 Å². The predicted molar refractivity (Wildman–Crippen MR) is 81.6 cm³/mol. The first-order valence-corrected chi connectivity index (χ1v) is 8.18. The van der Waals surface area contributed by atoms with Crippen molar-refractivity contribution in [3.8, 4) is 0 Å². The highest BCUT2D eigenvalue weighted by atomic mass is 32.2. The minimum absolute atomic E-state index is 0.0418. The second-order valence-electron chi connectivity index (χ2n) is 4.05. The lowest BCUT2D eigenvalue weighted by Crippen LogP contribution is -2.12. The molecule has 1 aromatic heterocycles. The van der Waals surface area contributed by atoms with E-state index in [9.17, 15) is 18.4 Å². The molecule has 2 aromatic rings. The molecular weight excluding hydrogens is 348 g/mol. The van der Waals surface area contributed by atoms with Crippen LogP contribution in [0.25, 0.3) is 0 Å². The van der Waals surface area contributed by atoms with E-state index in [-0.39, 0.29) is 22.4 Å². The molecule has 0 saturated carbocycles. The molecule has 0 aliphatic carbocycles. The summed E-state index contributed by atoms with van der Waals surface area (Å²) in [5.41, 5.74) is -0.0418. The molecule has 0 spiro atoms. The second-order valence-corrected chi connectivity index (χ2v) is 6.25. The average Bonchev–Trinajstić information content (AvgIpc) is 2.95. The van der Waals surface area contributed by atoms with Gasteiger partial charge >= 0.3 is 5.97 Å². The molecule has 0 saturated heterocycles. The van der Waals surface area contributed by atoms with Crippen LogP contribution in [0.5, 0.6) is 0 Å². The summed E-state index contributed by atoms with van der Waals surface area (Å²) < 4.78 is 31.2. The van der Waals surface area contributed by atoms with Gasteiger partial charge in [0.2, 0.25) is 5.13 Å². The molecule has 6 nitrogen and oxygen atoms in total. The summed E-state index contributed by atoms with van der Waals surface area (Å²) in [6, 6.07) is 2.82. The molecule has 1 heterocycles. The van der Waals surface area contributed by atoms with Gasteiger partial charge in [0.1, 0.15) is 0 Å². The van der Waals surface area contributed by atoms with Gasteiger partial charge in [0, 0.05) is 5.56 Å². The number of anilines is 1. The average molecular weight is 359 g/mol. The molecule has 0 atom stereocenters. The zero-order valence-corrected chi connectivity index (χ0v) is 13.5. The first-order chi connectivity index (χ1) is 11.0. The van der Waals surface area contributed by atoms with Crippen LogP contribution in [0.2, 0.25) is 0 Å². The van der Waals surface area contributed by atoms with E-state index in [1.807, 2.05) is 0 Å². The zero-order valence-electron chi connectivity index (χ0n) is 11.8. The molecule has 10 heteroatoms. The third-order valence-electron chi connectivity index (χ3n) is 2.43. The second kappa shape index (κ2) is 7.97. The van der Waals surface area contributed by atoms with E-state index in [0.717, 1.165) is 41.3 Å². The van der Waals surface area contributed by atoms with Crippen LogP contribution < -0.4 is 5.32 Å². The van der Waals surface area contributed by atoms with Crippen molar-refractivity contribution in [1.82, 2.24) is 10.2 Å². The van der Waals surface area contributed by atoms with Crippen LogP contribution >= 0.6 is 23.1 Å².